The maximum absolute atomic E-state index is 9.52. The first-order valence-electron chi connectivity index (χ1n) is 5.76. The summed E-state index contributed by atoms with van der Waals surface area (Å²) in [5.74, 6) is 0.611. The second kappa shape index (κ2) is 4.78. The summed E-state index contributed by atoms with van der Waals surface area (Å²) in [4.78, 5) is 0. The zero-order chi connectivity index (χ0) is 10.7. The average Bonchev–Trinajstić information content (AvgIpc) is 2.24. The standard InChI is InChI=1S/C11H21NO3/c1-12-10(9-2-4-14-5-3-9)11(6-13)7-15-8-11/h9-10,12-13H,2-8H2,1H3. The van der Waals surface area contributed by atoms with E-state index in [1.54, 1.807) is 0 Å². The van der Waals surface area contributed by atoms with Gasteiger partial charge in [-0.1, -0.05) is 0 Å². The maximum atomic E-state index is 9.52. The van der Waals surface area contributed by atoms with Crippen LogP contribution in [0.3, 0.4) is 0 Å². The molecule has 0 aromatic rings. The summed E-state index contributed by atoms with van der Waals surface area (Å²) >= 11 is 0. The molecule has 1 unspecified atom stereocenters. The summed E-state index contributed by atoms with van der Waals surface area (Å²) in [7, 11) is 1.98. The molecule has 0 bridgehead atoms. The summed E-state index contributed by atoms with van der Waals surface area (Å²) in [6, 6.07) is 0.361. The molecule has 15 heavy (non-hydrogen) atoms. The largest absolute Gasteiger partial charge is 0.396 e. The molecule has 88 valence electrons. The van der Waals surface area contributed by atoms with Crippen LogP contribution in [0.25, 0.3) is 0 Å². The first-order valence-corrected chi connectivity index (χ1v) is 5.76. The van der Waals surface area contributed by atoms with Gasteiger partial charge in [0, 0.05) is 19.3 Å². The van der Waals surface area contributed by atoms with Crippen LogP contribution in [0.5, 0.6) is 0 Å². The quantitative estimate of drug-likeness (QED) is 0.693. The lowest BCUT2D eigenvalue weighted by atomic mass is 9.71. The van der Waals surface area contributed by atoms with Crippen molar-refractivity contribution in [1.29, 1.82) is 0 Å². The SMILES string of the molecule is CNC(C1CCOCC1)C1(CO)COC1. The van der Waals surface area contributed by atoms with Crippen molar-refractivity contribution >= 4 is 0 Å². The predicted octanol–water partition coefficient (Wildman–Crippen LogP) is 0.00990. The fourth-order valence-corrected chi connectivity index (χ4v) is 2.82. The van der Waals surface area contributed by atoms with Crippen molar-refractivity contribution in [2.45, 2.75) is 18.9 Å². The molecular formula is C11H21NO3. The molecular weight excluding hydrogens is 194 g/mol. The van der Waals surface area contributed by atoms with Crippen molar-refractivity contribution < 1.29 is 14.6 Å². The minimum Gasteiger partial charge on any atom is -0.396 e. The van der Waals surface area contributed by atoms with Gasteiger partial charge in [0.05, 0.1) is 25.2 Å². The maximum Gasteiger partial charge on any atom is 0.0582 e. The van der Waals surface area contributed by atoms with Crippen molar-refractivity contribution in [3.8, 4) is 0 Å². The van der Waals surface area contributed by atoms with E-state index >= 15 is 0 Å². The summed E-state index contributed by atoms with van der Waals surface area (Å²) in [6.07, 6.45) is 2.18. The lowest BCUT2D eigenvalue weighted by Gasteiger charge is -2.49. The van der Waals surface area contributed by atoms with Crippen LogP contribution in [-0.4, -0.2) is 51.2 Å². The topological polar surface area (TPSA) is 50.7 Å². The molecule has 1 atom stereocenters. The normalized spacial score (nSPS) is 28.4. The lowest BCUT2D eigenvalue weighted by molar-refractivity contribution is -0.167. The first-order chi connectivity index (χ1) is 7.32. The molecule has 2 saturated heterocycles. The highest BCUT2D eigenvalue weighted by Crippen LogP contribution is 2.37. The van der Waals surface area contributed by atoms with E-state index < -0.39 is 0 Å². The molecule has 0 radical (unpaired) electrons. The third-order valence-electron chi connectivity index (χ3n) is 3.80. The molecule has 0 aliphatic carbocycles. The van der Waals surface area contributed by atoms with Gasteiger partial charge in [-0.15, -0.1) is 0 Å². The Morgan fingerprint density at radius 2 is 2.00 bits per heavy atom. The van der Waals surface area contributed by atoms with E-state index in [4.69, 9.17) is 9.47 Å². The van der Waals surface area contributed by atoms with Crippen LogP contribution in [0.2, 0.25) is 0 Å². The number of nitrogens with one attached hydrogen (secondary N) is 1. The van der Waals surface area contributed by atoms with Crippen LogP contribution in [0, 0.1) is 11.3 Å². The Labute approximate surface area is 90.9 Å². The van der Waals surface area contributed by atoms with Gasteiger partial charge < -0.3 is 19.9 Å². The predicted molar refractivity (Wildman–Crippen MR) is 56.7 cm³/mol. The Morgan fingerprint density at radius 3 is 2.40 bits per heavy atom. The van der Waals surface area contributed by atoms with Gasteiger partial charge in [0.25, 0.3) is 0 Å². The van der Waals surface area contributed by atoms with Gasteiger partial charge in [-0.25, -0.2) is 0 Å². The molecule has 0 aromatic carbocycles. The van der Waals surface area contributed by atoms with E-state index in [1.165, 1.54) is 0 Å². The van der Waals surface area contributed by atoms with Crippen molar-refractivity contribution in [3.63, 3.8) is 0 Å². The highest BCUT2D eigenvalue weighted by molar-refractivity contribution is 4.98. The van der Waals surface area contributed by atoms with Crippen LogP contribution in [0.1, 0.15) is 12.8 Å². The van der Waals surface area contributed by atoms with Crippen molar-refractivity contribution in [1.82, 2.24) is 5.32 Å². The fraction of sp³-hybridized carbons (Fsp3) is 1.00. The smallest absolute Gasteiger partial charge is 0.0582 e. The fourth-order valence-electron chi connectivity index (χ4n) is 2.82. The first kappa shape index (κ1) is 11.3. The Balaban J connectivity index is 2.01. The highest BCUT2D eigenvalue weighted by atomic mass is 16.5. The number of rotatable bonds is 4. The van der Waals surface area contributed by atoms with Gasteiger partial charge in [-0.3, -0.25) is 0 Å². The van der Waals surface area contributed by atoms with E-state index in [2.05, 4.69) is 5.32 Å². The van der Waals surface area contributed by atoms with Gasteiger partial charge in [0.1, 0.15) is 0 Å². The molecule has 2 rings (SSSR count). The Morgan fingerprint density at radius 1 is 1.33 bits per heavy atom. The van der Waals surface area contributed by atoms with Gasteiger partial charge in [-0.2, -0.15) is 0 Å². The molecule has 4 nitrogen and oxygen atoms in total. The molecule has 4 heteroatoms. The van der Waals surface area contributed by atoms with E-state index in [1.807, 2.05) is 7.05 Å². The summed E-state index contributed by atoms with van der Waals surface area (Å²) in [6.45, 7) is 3.30. The van der Waals surface area contributed by atoms with Gasteiger partial charge in [0.15, 0.2) is 0 Å². The van der Waals surface area contributed by atoms with E-state index in [9.17, 15) is 5.11 Å². The van der Waals surface area contributed by atoms with E-state index in [0.717, 1.165) is 26.1 Å². The number of hydrogen-bond acceptors (Lipinski definition) is 4. The van der Waals surface area contributed by atoms with Gasteiger partial charge >= 0.3 is 0 Å². The van der Waals surface area contributed by atoms with E-state index in [-0.39, 0.29) is 12.0 Å². The van der Waals surface area contributed by atoms with Crippen molar-refractivity contribution in [2.75, 3.05) is 40.1 Å². The van der Waals surface area contributed by atoms with Crippen LogP contribution in [-0.2, 0) is 9.47 Å². The molecule has 0 spiro atoms. The molecule has 2 aliphatic rings. The minimum atomic E-state index is -0.0449. The minimum absolute atomic E-state index is 0.0449. The molecule has 0 aromatic heterocycles. The van der Waals surface area contributed by atoms with Crippen LogP contribution >= 0.6 is 0 Å². The zero-order valence-corrected chi connectivity index (χ0v) is 9.37. The summed E-state index contributed by atoms with van der Waals surface area (Å²) < 4.78 is 10.6. The highest BCUT2D eigenvalue weighted by Gasteiger charge is 2.47. The Bertz CT molecular complexity index is 194. The summed E-state index contributed by atoms with van der Waals surface area (Å²) in [5, 5.41) is 12.9. The zero-order valence-electron chi connectivity index (χ0n) is 9.37. The monoisotopic (exact) mass is 215 g/mol. The van der Waals surface area contributed by atoms with Crippen LogP contribution in [0.4, 0.5) is 0 Å². The molecule has 2 N–H and O–H groups in total. The summed E-state index contributed by atoms with van der Waals surface area (Å²) in [5.41, 5.74) is -0.0449. The molecule has 2 heterocycles. The third kappa shape index (κ3) is 2.04. The molecule has 0 saturated carbocycles. The second-order valence-corrected chi connectivity index (χ2v) is 4.73. The van der Waals surface area contributed by atoms with Gasteiger partial charge in [-0.05, 0) is 25.8 Å². The van der Waals surface area contributed by atoms with Crippen LogP contribution < -0.4 is 5.32 Å². The second-order valence-electron chi connectivity index (χ2n) is 4.73. The third-order valence-corrected chi connectivity index (χ3v) is 3.80. The Kier molecular flexibility index (Phi) is 3.61. The number of hydrogen-bond donors (Lipinski definition) is 2. The average molecular weight is 215 g/mol. The molecule has 2 fully saturated rings. The van der Waals surface area contributed by atoms with Crippen LogP contribution in [0.15, 0.2) is 0 Å². The number of ether oxygens (including phenoxy) is 2. The Hall–Kier alpha value is -0.160. The van der Waals surface area contributed by atoms with Gasteiger partial charge in [0.2, 0.25) is 0 Å². The molecule has 2 aliphatic heterocycles. The number of aliphatic hydroxyl groups excluding tert-OH is 1. The van der Waals surface area contributed by atoms with Crippen molar-refractivity contribution in [2.24, 2.45) is 11.3 Å². The van der Waals surface area contributed by atoms with Crippen molar-refractivity contribution in [3.05, 3.63) is 0 Å². The number of aliphatic hydroxyl groups is 1. The lowest BCUT2D eigenvalue weighted by Crippen LogP contribution is -2.61. The van der Waals surface area contributed by atoms with E-state index in [0.29, 0.717) is 25.2 Å². The molecule has 0 amide bonds.